The van der Waals surface area contributed by atoms with Crippen molar-refractivity contribution in [3.8, 4) is 11.5 Å². The van der Waals surface area contributed by atoms with Gasteiger partial charge in [-0.1, -0.05) is 5.57 Å². The number of methoxy groups -OCH3 is 2. The van der Waals surface area contributed by atoms with Crippen LogP contribution in [-0.4, -0.2) is 31.7 Å². The Morgan fingerprint density at radius 3 is 2.64 bits per heavy atom. The summed E-state index contributed by atoms with van der Waals surface area (Å²) in [5.41, 5.74) is 1.90. The van der Waals surface area contributed by atoms with Crippen LogP contribution in [0.2, 0.25) is 0 Å². The zero-order valence-corrected chi connectivity index (χ0v) is 13.2. The van der Waals surface area contributed by atoms with Crippen LogP contribution in [0.15, 0.2) is 30.0 Å². The van der Waals surface area contributed by atoms with Crippen molar-refractivity contribution in [1.29, 1.82) is 0 Å². The summed E-state index contributed by atoms with van der Waals surface area (Å²) in [7, 11) is 3.15. The van der Waals surface area contributed by atoms with Crippen LogP contribution in [0.3, 0.4) is 0 Å². The third-order valence-corrected chi connectivity index (χ3v) is 4.54. The molecule has 5 nitrogen and oxygen atoms in total. The zero-order chi connectivity index (χ0) is 15.7. The maximum absolute atomic E-state index is 12.5. The van der Waals surface area contributed by atoms with Crippen LogP contribution in [0.1, 0.15) is 36.5 Å². The maximum Gasteiger partial charge on any atom is 0.251 e. The number of ether oxygens (including phenoxy) is 2. The lowest BCUT2D eigenvalue weighted by Crippen LogP contribution is -2.52. The van der Waals surface area contributed by atoms with Crippen LogP contribution in [0.25, 0.3) is 0 Å². The van der Waals surface area contributed by atoms with Gasteiger partial charge in [0.15, 0.2) is 11.5 Å². The first-order chi connectivity index (χ1) is 10.6. The molecule has 3 rings (SSSR count). The molecule has 1 aliphatic carbocycles. The highest BCUT2D eigenvalue weighted by molar-refractivity contribution is 5.95. The molecule has 1 fully saturated rings. The van der Waals surface area contributed by atoms with Crippen molar-refractivity contribution in [3.63, 3.8) is 0 Å². The molecule has 1 unspecified atom stereocenters. The van der Waals surface area contributed by atoms with Gasteiger partial charge in [-0.3, -0.25) is 4.79 Å². The Morgan fingerprint density at radius 1 is 1.27 bits per heavy atom. The molecular formula is C17H22N2O3. The maximum atomic E-state index is 12.5. The van der Waals surface area contributed by atoms with Crippen LogP contribution in [0.4, 0.5) is 0 Å². The number of benzene rings is 1. The SMILES string of the molecule is COc1ccc(C(=O)NC2CC(C)=CNC23CC3)cc1OC. The fraction of sp³-hybridized carbons (Fsp3) is 0.471. The number of nitrogens with one attached hydrogen (secondary N) is 2. The van der Waals surface area contributed by atoms with E-state index in [4.69, 9.17) is 9.47 Å². The standard InChI is InChI=1S/C17H22N2O3/c1-11-8-15(17(6-7-17)18-10-11)19-16(20)12-4-5-13(21-2)14(9-12)22-3/h4-5,9-10,15,18H,6-8H2,1-3H3,(H,19,20). The van der Waals surface area contributed by atoms with Crippen molar-refractivity contribution in [2.24, 2.45) is 0 Å². The van der Waals surface area contributed by atoms with E-state index in [0.717, 1.165) is 19.3 Å². The highest BCUT2D eigenvalue weighted by Gasteiger charge is 2.50. The average molecular weight is 302 g/mol. The molecule has 1 atom stereocenters. The van der Waals surface area contributed by atoms with Gasteiger partial charge >= 0.3 is 0 Å². The molecule has 0 saturated heterocycles. The van der Waals surface area contributed by atoms with E-state index in [0.29, 0.717) is 17.1 Å². The minimum Gasteiger partial charge on any atom is -0.493 e. The van der Waals surface area contributed by atoms with Gasteiger partial charge in [0.1, 0.15) is 0 Å². The quantitative estimate of drug-likeness (QED) is 0.895. The number of carbonyl (C=O) groups is 1. The Hall–Kier alpha value is -2.17. The van der Waals surface area contributed by atoms with Crippen molar-refractivity contribution in [1.82, 2.24) is 10.6 Å². The molecule has 1 spiro atoms. The molecule has 5 heteroatoms. The predicted molar refractivity (Wildman–Crippen MR) is 84.3 cm³/mol. The van der Waals surface area contributed by atoms with Crippen molar-refractivity contribution in [2.45, 2.75) is 37.8 Å². The highest BCUT2D eigenvalue weighted by atomic mass is 16.5. The topological polar surface area (TPSA) is 59.6 Å². The molecular weight excluding hydrogens is 280 g/mol. The lowest BCUT2D eigenvalue weighted by Gasteiger charge is -2.33. The van der Waals surface area contributed by atoms with Gasteiger partial charge in [0.2, 0.25) is 0 Å². The van der Waals surface area contributed by atoms with E-state index in [-0.39, 0.29) is 17.5 Å². The summed E-state index contributed by atoms with van der Waals surface area (Å²) >= 11 is 0. The molecule has 118 valence electrons. The first-order valence-electron chi connectivity index (χ1n) is 7.54. The van der Waals surface area contributed by atoms with E-state index in [1.54, 1.807) is 32.4 Å². The molecule has 0 bridgehead atoms. The van der Waals surface area contributed by atoms with E-state index in [9.17, 15) is 4.79 Å². The van der Waals surface area contributed by atoms with E-state index in [1.165, 1.54) is 5.57 Å². The molecule has 1 heterocycles. The highest BCUT2D eigenvalue weighted by Crippen LogP contribution is 2.43. The largest absolute Gasteiger partial charge is 0.493 e. The van der Waals surface area contributed by atoms with Crippen LogP contribution < -0.4 is 20.1 Å². The number of rotatable bonds is 4. The average Bonchev–Trinajstić information content (AvgIpc) is 3.31. The molecule has 1 aromatic rings. The summed E-state index contributed by atoms with van der Waals surface area (Å²) < 4.78 is 10.5. The van der Waals surface area contributed by atoms with Crippen molar-refractivity contribution >= 4 is 5.91 Å². The van der Waals surface area contributed by atoms with Crippen LogP contribution >= 0.6 is 0 Å². The molecule has 1 aliphatic heterocycles. The minimum atomic E-state index is -0.0753. The Bertz CT molecular complexity index is 620. The Kier molecular flexibility index (Phi) is 3.72. The normalized spacial score (nSPS) is 21.6. The summed E-state index contributed by atoms with van der Waals surface area (Å²) in [5.74, 6) is 1.11. The van der Waals surface area contributed by atoms with Gasteiger partial charge < -0.3 is 20.1 Å². The number of carbonyl (C=O) groups excluding carboxylic acids is 1. The van der Waals surface area contributed by atoms with Crippen molar-refractivity contribution < 1.29 is 14.3 Å². The lowest BCUT2D eigenvalue weighted by molar-refractivity contribution is 0.0922. The second-order valence-electron chi connectivity index (χ2n) is 6.09. The summed E-state index contributed by atoms with van der Waals surface area (Å²) in [4.78, 5) is 12.5. The molecule has 2 aliphatic rings. The van der Waals surface area contributed by atoms with Crippen LogP contribution in [0, 0.1) is 0 Å². The molecule has 1 aromatic carbocycles. The van der Waals surface area contributed by atoms with Crippen LogP contribution in [0.5, 0.6) is 11.5 Å². The van der Waals surface area contributed by atoms with E-state index in [2.05, 4.69) is 23.8 Å². The smallest absolute Gasteiger partial charge is 0.251 e. The fourth-order valence-electron chi connectivity index (χ4n) is 2.98. The fourth-order valence-corrected chi connectivity index (χ4v) is 2.98. The van der Waals surface area contributed by atoms with Gasteiger partial charge in [0.05, 0.1) is 25.8 Å². The molecule has 22 heavy (non-hydrogen) atoms. The van der Waals surface area contributed by atoms with Crippen LogP contribution in [-0.2, 0) is 0 Å². The summed E-state index contributed by atoms with van der Waals surface area (Å²) in [6.07, 6.45) is 5.18. The van der Waals surface area contributed by atoms with E-state index < -0.39 is 0 Å². The van der Waals surface area contributed by atoms with Crippen molar-refractivity contribution in [3.05, 3.63) is 35.5 Å². The summed E-state index contributed by atoms with van der Waals surface area (Å²) in [6.45, 7) is 2.08. The third-order valence-electron chi connectivity index (χ3n) is 4.54. The Morgan fingerprint density at radius 2 is 2.00 bits per heavy atom. The molecule has 0 aromatic heterocycles. The monoisotopic (exact) mass is 302 g/mol. The van der Waals surface area contributed by atoms with E-state index in [1.807, 2.05) is 0 Å². The zero-order valence-electron chi connectivity index (χ0n) is 13.2. The number of amides is 1. The van der Waals surface area contributed by atoms with Gasteiger partial charge in [0.25, 0.3) is 5.91 Å². The Labute approximate surface area is 130 Å². The van der Waals surface area contributed by atoms with E-state index >= 15 is 0 Å². The second-order valence-corrected chi connectivity index (χ2v) is 6.09. The van der Waals surface area contributed by atoms with Gasteiger partial charge in [-0.25, -0.2) is 0 Å². The first kappa shape index (κ1) is 14.8. The summed E-state index contributed by atoms with van der Waals surface area (Å²) in [5, 5.41) is 6.61. The molecule has 0 radical (unpaired) electrons. The van der Waals surface area contributed by atoms with Gasteiger partial charge in [-0.15, -0.1) is 0 Å². The van der Waals surface area contributed by atoms with Crippen molar-refractivity contribution in [2.75, 3.05) is 14.2 Å². The number of hydrogen-bond acceptors (Lipinski definition) is 4. The summed E-state index contributed by atoms with van der Waals surface area (Å²) in [6, 6.07) is 5.37. The minimum absolute atomic E-state index is 0.0612. The van der Waals surface area contributed by atoms with Gasteiger partial charge in [-0.2, -0.15) is 0 Å². The number of hydrogen-bond donors (Lipinski definition) is 2. The first-order valence-corrected chi connectivity index (χ1v) is 7.54. The second kappa shape index (κ2) is 5.55. The molecule has 1 saturated carbocycles. The van der Waals surface area contributed by atoms with Gasteiger partial charge in [-0.05, 0) is 50.6 Å². The van der Waals surface area contributed by atoms with Gasteiger partial charge in [0, 0.05) is 5.56 Å². The molecule has 2 N–H and O–H groups in total. The Balaban J connectivity index is 1.76. The predicted octanol–water partition coefficient (Wildman–Crippen LogP) is 2.23. The lowest BCUT2D eigenvalue weighted by atomic mass is 9.94. The molecule has 1 amide bonds. The third kappa shape index (κ3) is 2.63.